The predicted molar refractivity (Wildman–Crippen MR) is 71.3 cm³/mol. The molecular weight excluding hydrogens is 289 g/mol. The van der Waals surface area contributed by atoms with Crippen molar-refractivity contribution < 1.29 is 0 Å². The number of anilines is 1. The van der Waals surface area contributed by atoms with Crippen LogP contribution in [0.2, 0.25) is 5.02 Å². The predicted octanol–water partition coefficient (Wildman–Crippen LogP) is 2.64. The third-order valence-electron chi connectivity index (χ3n) is 3.05. The number of hydrogen-bond acceptors (Lipinski definition) is 3. The third kappa shape index (κ3) is 2.50. The Hall–Kier alpha value is -0.320. The summed E-state index contributed by atoms with van der Waals surface area (Å²) in [6, 6.07) is 2.43. The average Bonchev–Trinajstić information content (AvgIpc) is 2.22. The molecule has 0 N–H and O–H groups in total. The number of rotatable bonds is 1. The fourth-order valence-electron chi connectivity index (χ4n) is 1.88. The van der Waals surface area contributed by atoms with Crippen LogP contribution in [-0.2, 0) is 0 Å². The highest BCUT2D eigenvalue weighted by Crippen LogP contribution is 2.27. The van der Waals surface area contributed by atoms with Gasteiger partial charge in [-0.1, -0.05) is 11.6 Å². The summed E-state index contributed by atoms with van der Waals surface area (Å²) in [6.07, 6.45) is 1.80. The van der Waals surface area contributed by atoms with Gasteiger partial charge in [0, 0.05) is 36.3 Å². The molecule has 1 unspecified atom stereocenters. The van der Waals surface area contributed by atoms with E-state index in [0.717, 1.165) is 29.9 Å². The summed E-state index contributed by atoms with van der Waals surface area (Å²) < 4.78 is 0.920. The highest BCUT2D eigenvalue weighted by Gasteiger charge is 2.22. The van der Waals surface area contributed by atoms with Crippen molar-refractivity contribution in [2.75, 3.05) is 31.6 Å². The highest BCUT2D eigenvalue weighted by atomic mass is 79.9. The van der Waals surface area contributed by atoms with Gasteiger partial charge in [-0.05, 0) is 36.0 Å². The van der Waals surface area contributed by atoms with Gasteiger partial charge in [0.1, 0.15) is 5.82 Å². The lowest BCUT2D eigenvalue weighted by atomic mass is 10.2. The first-order valence-electron chi connectivity index (χ1n) is 5.34. The quantitative estimate of drug-likeness (QED) is 0.795. The fraction of sp³-hybridized carbons (Fsp3) is 0.545. The smallest absolute Gasteiger partial charge is 0.147 e. The largest absolute Gasteiger partial charge is 0.353 e. The molecule has 5 heteroatoms. The Morgan fingerprint density at radius 3 is 2.88 bits per heavy atom. The SMILES string of the molecule is CC1CN(c2ncc(Br)cc2Cl)CCN1C. The van der Waals surface area contributed by atoms with Crippen LogP contribution in [-0.4, -0.2) is 42.6 Å². The molecule has 2 rings (SSSR count). The topological polar surface area (TPSA) is 19.4 Å². The highest BCUT2D eigenvalue weighted by molar-refractivity contribution is 9.10. The number of nitrogens with zero attached hydrogens (tertiary/aromatic N) is 3. The van der Waals surface area contributed by atoms with Gasteiger partial charge in [0.05, 0.1) is 5.02 Å². The van der Waals surface area contributed by atoms with Crippen molar-refractivity contribution in [2.45, 2.75) is 13.0 Å². The molecule has 1 aliphatic heterocycles. The maximum atomic E-state index is 6.20. The number of piperazine rings is 1. The molecule has 3 nitrogen and oxygen atoms in total. The minimum Gasteiger partial charge on any atom is -0.353 e. The number of pyridine rings is 1. The molecule has 88 valence electrons. The van der Waals surface area contributed by atoms with Gasteiger partial charge in [-0.25, -0.2) is 4.98 Å². The van der Waals surface area contributed by atoms with Gasteiger partial charge in [0.25, 0.3) is 0 Å². The van der Waals surface area contributed by atoms with Gasteiger partial charge < -0.3 is 9.80 Å². The fourth-order valence-corrected chi connectivity index (χ4v) is 2.63. The van der Waals surface area contributed by atoms with Crippen molar-refractivity contribution in [3.05, 3.63) is 21.8 Å². The van der Waals surface area contributed by atoms with Crippen molar-refractivity contribution in [3.63, 3.8) is 0 Å². The molecule has 0 amide bonds. The molecule has 1 fully saturated rings. The van der Waals surface area contributed by atoms with Crippen LogP contribution in [0.1, 0.15) is 6.92 Å². The van der Waals surface area contributed by atoms with E-state index in [2.05, 4.69) is 44.7 Å². The zero-order chi connectivity index (χ0) is 11.7. The molecule has 1 saturated heterocycles. The van der Waals surface area contributed by atoms with Gasteiger partial charge in [-0.15, -0.1) is 0 Å². The molecule has 0 aliphatic carbocycles. The van der Waals surface area contributed by atoms with Crippen molar-refractivity contribution in [1.82, 2.24) is 9.88 Å². The molecule has 1 atom stereocenters. The lowest BCUT2D eigenvalue weighted by molar-refractivity contribution is 0.233. The van der Waals surface area contributed by atoms with E-state index in [4.69, 9.17) is 11.6 Å². The Morgan fingerprint density at radius 1 is 1.50 bits per heavy atom. The van der Waals surface area contributed by atoms with Crippen molar-refractivity contribution in [3.8, 4) is 0 Å². The van der Waals surface area contributed by atoms with Crippen molar-refractivity contribution >= 4 is 33.3 Å². The normalized spacial score (nSPS) is 22.5. The Labute approximate surface area is 110 Å². The third-order valence-corrected chi connectivity index (χ3v) is 3.76. The zero-order valence-electron chi connectivity index (χ0n) is 9.45. The Morgan fingerprint density at radius 2 is 2.25 bits per heavy atom. The summed E-state index contributed by atoms with van der Waals surface area (Å²) in [5, 5.41) is 0.714. The van der Waals surface area contributed by atoms with Crippen LogP contribution in [0.3, 0.4) is 0 Å². The standard InChI is InChI=1S/C11H15BrClN3/c1-8-7-16(4-3-15(8)2)11-10(13)5-9(12)6-14-11/h5-6,8H,3-4,7H2,1-2H3. The number of halogens is 2. The van der Waals surface area contributed by atoms with Crippen LogP contribution in [0, 0.1) is 0 Å². The van der Waals surface area contributed by atoms with E-state index in [1.807, 2.05) is 6.07 Å². The van der Waals surface area contributed by atoms with Crippen molar-refractivity contribution in [1.29, 1.82) is 0 Å². The van der Waals surface area contributed by atoms with E-state index in [1.54, 1.807) is 6.20 Å². The van der Waals surface area contributed by atoms with E-state index < -0.39 is 0 Å². The van der Waals surface area contributed by atoms with Crippen LogP contribution in [0.4, 0.5) is 5.82 Å². The van der Waals surface area contributed by atoms with E-state index in [-0.39, 0.29) is 0 Å². The monoisotopic (exact) mass is 303 g/mol. The molecule has 2 heterocycles. The van der Waals surface area contributed by atoms with E-state index in [0.29, 0.717) is 11.1 Å². The first kappa shape index (κ1) is 12.1. The van der Waals surface area contributed by atoms with E-state index in [9.17, 15) is 0 Å². The summed E-state index contributed by atoms with van der Waals surface area (Å²) in [4.78, 5) is 8.99. The molecule has 0 bridgehead atoms. The summed E-state index contributed by atoms with van der Waals surface area (Å²) in [5.74, 6) is 0.893. The molecule has 1 aromatic rings. The van der Waals surface area contributed by atoms with Crippen molar-refractivity contribution in [2.24, 2.45) is 0 Å². The molecule has 0 aromatic carbocycles. The lowest BCUT2D eigenvalue weighted by Crippen LogP contribution is -2.50. The minimum atomic E-state index is 0.537. The molecule has 1 aromatic heterocycles. The van der Waals surface area contributed by atoms with Crippen LogP contribution in [0.25, 0.3) is 0 Å². The van der Waals surface area contributed by atoms with Gasteiger partial charge in [0.2, 0.25) is 0 Å². The van der Waals surface area contributed by atoms with Crippen LogP contribution < -0.4 is 4.90 Å². The molecule has 0 radical (unpaired) electrons. The molecule has 1 aliphatic rings. The Balaban J connectivity index is 2.18. The molecule has 0 spiro atoms. The van der Waals surface area contributed by atoms with Gasteiger partial charge >= 0.3 is 0 Å². The minimum absolute atomic E-state index is 0.537. The van der Waals surface area contributed by atoms with Crippen LogP contribution in [0.15, 0.2) is 16.7 Å². The molecule has 0 saturated carbocycles. The van der Waals surface area contributed by atoms with E-state index in [1.165, 1.54) is 0 Å². The zero-order valence-corrected chi connectivity index (χ0v) is 11.8. The van der Waals surface area contributed by atoms with Crippen LogP contribution >= 0.6 is 27.5 Å². The second-order valence-electron chi connectivity index (χ2n) is 4.23. The van der Waals surface area contributed by atoms with Gasteiger partial charge in [-0.3, -0.25) is 0 Å². The second-order valence-corrected chi connectivity index (χ2v) is 5.56. The number of aromatic nitrogens is 1. The first-order chi connectivity index (χ1) is 7.58. The maximum absolute atomic E-state index is 6.20. The second kappa shape index (κ2) is 4.90. The lowest BCUT2D eigenvalue weighted by Gasteiger charge is -2.38. The van der Waals surface area contributed by atoms with Gasteiger partial charge in [0.15, 0.2) is 0 Å². The summed E-state index contributed by atoms with van der Waals surface area (Å²) >= 11 is 9.57. The van der Waals surface area contributed by atoms with E-state index >= 15 is 0 Å². The molecule has 16 heavy (non-hydrogen) atoms. The number of likely N-dealkylation sites (N-methyl/N-ethyl adjacent to an activating group) is 1. The summed E-state index contributed by atoms with van der Waals surface area (Å²) in [6.45, 7) is 5.23. The molecular formula is C11H15BrClN3. The summed E-state index contributed by atoms with van der Waals surface area (Å²) in [7, 11) is 2.15. The van der Waals surface area contributed by atoms with Gasteiger partial charge in [-0.2, -0.15) is 0 Å². The number of hydrogen-bond donors (Lipinski definition) is 0. The van der Waals surface area contributed by atoms with Crippen LogP contribution in [0.5, 0.6) is 0 Å². The average molecular weight is 305 g/mol. The summed E-state index contributed by atoms with van der Waals surface area (Å²) in [5.41, 5.74) is 0. The maximum Gasteiger partial charge on any atom is 0.147 e. The first-order valence-corrected chi connectivity index (χ1v) is 6.51. The Kier molecular flexibility index (Phi) is 3.72. The Bertz CT molecular complexity index is 385.